The first-order chi connectivity index (χ1) is 9.93. The van der Waals surface area contributed by atoms with E-state index in [-0.39, 0.29) is 12.1 Å². The molecule has 0 saturated carbocycles. The van der Waals surface area contributed by atoms with Gasteiger partial charge in [0.1, 0.15) is 0 Å². The number of rotatable bonds is 7. The number of urea groups is 1. The zero-order chi connectivity index (χ0) is 15.8. The van der Waals surface area contributed by atoms with Crippen molar-refractivity contribution in [1.82, 2.24) is 15.5 Å². The Labute approximate surface area is 128 Å². The van der Waals surface area contributed by atoms with Crippen molar-refractivity contribution in [3.8, 4) is 0 Å². The van der Waals surface area contributed by atoms with Crippen LogP contribution in [0.15, 0.2) is 24.3 Å². The minimum atomic E-state index is -0.169. The van der Waals surface area contributed by atoms with E-state index in [9.17, 15) is 4.79 Å². The molecule has 5 heteroatoms. The van der Waals surface area contributed by atoms with Crippen LogP contribution < -0.4 is 16.0 Å². The lowest BCUT2D eigenvalue weighted by Gasteiger charge is -2.20. The van der Waals surface area contributed by atoms with Crippen LogP contribution in [0.1, 0.15) is 32.4 Å². The van der Waals surface area contributed by atoms with Gasteiger partial charge in [-0.25, -0.2) is 4.79 Å². The van der Waals surface area contributed by atoms with Gasteiger partial charge in [-0.3, -0.25) is 0 Å². The monoisotopic (exact) mass is 292 g/mol. The average molecular weight is 292 g/mol. The van der Waals surface area contributed by atoms with E-state index in [2.05, 4.69) is 47.7 Å². The third-order valence-corrected chi connectivity index (χ3v) is 3.59. The zero-order valence-electron chi connectivity index (χ0n) is 13.7. The van der Waals surface area contributed by atoms with Crippen molar-refractivity contribution in [2.24, 2.45) is 0 Å². The second kappa shape index (κ2) is 8.64. The van der Waals surface area contributed by atoms with Crippen LogP contribution in [-0.2, 0) is 0 Å². The summed E-state index contributed by atoms with van der Waals surface area (Å²) in [6.07, 6.45) is 0. The molecule has 118 valence electrons. The number of hydrogen-bond acceptors (Lipinski definition) is 3. The highest BCUT2D eigenvalue weighted by molar-refractivity contribution is 5.89. The molecule has 1 aromatic carbocycles. The van der Waals surface area contributed by atoms with E-state index >= 15 is 0 Å². The molecule has 0 aromatic heterocycles. The lowest BCUT2D eigenvalue weighted by molar-refractivity contribution is 0.245. The molecule has 0 aliphatic carbocycles. The van der Waals surface area contributed by atoms with Gasteiger partial charge in [-0.2, -0.15) is 0 Å². The Morgan fingerprint density at radius 2 is 2.00 bits per heavy atom. The summed E-state index contributed by atoms with van der Waals surface area (Å²) >= 11 is 0. The number of anilines is 1. The number of nitrogens with zero attached hydrogens (tertiary/aromatic N) is 1. The molecule has 1 aromatic rings. The van der Waals surface area contributed by atoms with Gasteiger partial charge in [0.2, 0.25) is 0 Å². The minimum absolute atomic E-state index is 0.169. The van der Waals surface area contributed by atoms with Gasteiger partial charge in [0.15, 0.2) is 0 Å². The van der Waals surface area contributed by atoms with E-state index < -0.39 is 0 Å². The fourth-order valence-corrected chi connectivity index (χ4v) is 1.91. The third kappa shape index (κ3) is 6.14. The van der Waals surface area contributed by atoms with E-state index in [1.54, 1.807) is 0 Å². The Hall–Kier alpha value is -1.59. The van der Waals surface area contributed by atoms with Gasteiger partial charge < -0.3 is 20.9 Å². The first kappa shape index (κ1) is 17.5. The summed E-state index contributed by atoms with van der Waals surface area (Å²) in [4.78, 5) is 14.0. The molecule has 2 unspecified atom stereocenters. The largest absolute Gasteiger partial charge is 0.336 e. The molecule has 0 bridgehead atoms. The number of hydrogen-bond donors (Lipinski definition) is 3. The van der Waals surface area contributed by atoms with Gasteiger partial charge in [-0.15, -0.1) is 0 Å². The highest BCUT2D eigenvalue weighted by Crippen LogP contribution is 2.17. The molecular formula is C16H28N4O. The number of amides is 2. The molecule has 0 aliphatic heterocycles. The van der Waals surface area contributed by atoms with Gasteiger partial charge in [0.25, 0.3) is 0 Å². The topological polar surface area (TPSA) is 56.4 Å². The van der Waals surface area contributed by atoms with Crippen LogP contribution in [0.3, 0.4) is 0 Å². The summed E-state index contributed by atoms with van der Waals surface area (Å²) in [5, 5.41) is 9.12. The van der Waals surface area contributed by atoms with Crippen LogP contribution in [0.4, 0.5) is 10.5 Å². The van der Waals surface area contributed by atoms with Gasteiger partial charge in [0.05, 0.1) is 0 Å². The molecule has 0 radical (unpaired) electrons. The SMILES string of the molecule is CCNC(C)c1cccc(NC(=O)NCC(C)N(C)C)c1. The molecule has 3 N–H and O–H groups in total. The van der Waals surface area contributed by atoms with Gasteiger partial charge in [-0.1, -0.05) is 19.1 Å². The second-order valence-electron chi connectivity index (χ2n) is 5.55. The normalized spacial score (nSPS) is 13.8. The van der Waals surface area contributed by atoms with E-state index in [1.807, 2.05) is 32.3 Å². The maximum atomic E-state index is 11.9. The Morgan fingerprint density at radius 3 is 2.62 bits per heavy atom. The van der Waals surface area contributed by atoms with Crippen LogP contribution >= 0.6 is 0 Å². The molecule has 2 amide bonds. The fraction of sp³-hybridized carbons (Fsp3) is 0.562. The van der Waals surface area contributed by atoms with Crippen molar-refractivity contribution in [1.29, 1.82) is 0 Å². The Balaban J connectivity index is 2.54. The van der Waals surface area contributed by atoms with Crippen molar-refractivity contribution >= 4 is 11.7 Å². The Bertz CT molecular complexity index is 448. The maximum absolute atomic E-state index is 11.9. The number of carbonyl (C=O) groups is 1. The lowest BCUT2D eigenvalue weighted by atomic mass is 10.1. The standard InChI is InChI=1S/C16H28N4O/c1-6-17-13(3)14-8-7-9-15(10-14)19-16(21)18-11-12(2)20(4)5/h7-10,12-13,17H,6,11H2,1-5H3,(H2,18,19,21). The van der Waals surface area contributed by atoms with E-state index in [0.717, 1.165) is 17.8 Å². The predicted molar refractivity (Wildman–Crippen MR) is 88.7 cm³/mol. The Morgan fingerprint density at radius 1 is 1.29 bits per heavy atom. The van der Waals surface area contributed by atoms with Crippen molar-refractivity contribution < 1.29 is 4.79 Å². The van der Waals surface area contributed by atoms with Gasteiger partial charge in [-0.05, 0) is 52.2 Å². The fourth-order valence-electron chi connectivity index (χ4n) is 1.91. The maximum Gasteiger partial charge on any atom is 0.319 e. The molecule has 0 spiro atoms. The predicted octanol–water partition coefficient (Wildman–Crippen LogP) is 2.43. The number of likely N-dealkylation sites (N-methyl/N-ethyl adjacent to an activating group) is 1. The molecule has 1 rings (SSSR count). The molecule has 5 nitrogen and oxygen atoms in total. The molecular weight excluding hydrogens is 264 g/mol. The van der Waals surface area contributed by atoms with Crippen molar-refractivity contribution in [2.45, 2.75) is 32.9 Å². The van der Waals surface area contributed by atoms with E-state index in [4.69, 9.17) is 0 Å². The van der Waals surface area contributed by atoms with Crippen molar-refractivity contribution in [3.63, 3.8) is 0 Å². The van der Waals surface area contributed by atoms with Crippen LogP contribution in [0, 0.1) is 0 Å². The molecule has 0 fully saturated rings. The highest BCUT2D eigenvalue weighted by atomic mass is 16.2. The first-order valence-corrected chi connectivity index (χ1v) is 7.48. The second-order valence-corrected chi connectivity index (χ2v) is 5.55. The smallest absolute Gasteiger partial charge is 0.319 e. The molecule has 0 saturated heterocycles. The molecule has 2 atom stereocenters. The lowest BCUT2D eigenvalue weighted by Crippen LogP contribution is -2.40. The molecule has 0 heterocycles. The highest BCUT2D eigenvalue weighted by Gasteiger charge is 2.08. The van der Waals surface area contributed by atoms with Crippen LogP contribution in [0.2, 0.25) is 0 Å². The zero-order valence-corrected chi connectivity index (χ0v) is 13.7. The average Bonchev–Trinajstić information content (AvgIpc) is 2.45. The first-order valence-electron chi connectivity index (χ1n) is 7.48. The summed E-state index contributed by atoms with van der Waals surface area (Å²) in [6, 6.07) is 8.33. The quantitative estimate of drug-likeness (QED) is 0.723. The number of benzene rings is 1. The number of nitrogens with one attached hydrogen (secondary N) is 3. The summed E-state index contributed by atoms with van der Waals surface area (Å²) in [6.45, 7) is 7.80. The van der Waals surface area contributed by atoms with Gasteiger partial charge >= 0.3 is 6.03 Å². The summed E-state index contributed by atoms with van der Waals surface area (Å²) in [5.74, 6) is 0. The van der Waals surface area contributed by atoms with E-state index in [1.165, 1.54) is 0 Å². The van der Waals surface area contributed by atoms with E-state index in [0.29, 0.717) is 12.6 Å². The van der Waals surface area contributed by atoms with Gasteiger partial charge in [0, 0.05) is 24.3 Å². The van der Waals surface area contributed by atoms with Crippen LogP contribution in [-0.4, -0.2) is 44.2 Å². The number of carbonyl (C=O) groups excluding carboxylic acids is 1. The van der Waals surface area contributed by atoms with Crippen LogP contribution in [0.5, 0.6) is 0 Å². The third-order valence-electron chi connectivity index (χ3n) is 3.59. The summed E-state index contributed by atoms with van der Waals surface area (Å²) in [5.41, 5.74) is 1.98. The minimum Gasteiger partial charge on any atom is -0.336 e. The van der Waals surface area contributed by atoms with Crippen molar-refractivity contribution in [3.05, 3.63) is 29.8 Å². The Kier molecular flexibility index (Phi) is 7.19. The van der Waals surface area contributed by atoms with Crippen LogP contribution in [0.25, 0.3) is 0 Å². The summed E-state index contributed by atoms with van der Waals surface area (Å²) in [7, 11) is 3.99. The van der Waals surface area contributed by atoms with Crippen molar-refractivity contribution in [2.75, 3.05) is 32.5 Å². The molecule has 21 heavy (non-hydrogen) atoms. The molecule has 0 aliphatic rings. The summed E-state index contributed by atoms with van der Waals surface area (Å²) < 4.78 is 0.